The van der Waals surface area contributed by atoms with Gasteiger partial charge in [-0.15, -0.1) is 0 Å². The molecule has 2 rings (SSSR count). The number of rotatable bonds is 5. The largest absolute Gasteiger partial charge is 0.453 e. The molecule has 1 atom stereocenters. The molecule has 1 N–H and O–H groups in total. The van der Waals surface area contributed by atoms with Crippen LogP contribution < -0.4 is 5.32 Å². The number of hydrogen-bond acceptors (Lipinski definition) is 2. The van der Waals surface area contributed by atoms with Crippen molar-refractivity contribution in [2.45, 2.75) is 26.3 Å². The minimum absolute atomic E-state index is 0.00398. The molecule has 0 amide bonds. The van der Waals surface area contributed by atoms with Gasteiger partial charge < -0.3 is 9.73 Å². The summed E-state index contributed by atoms with van der Waals surface area (Å²) in [5, 5.41) is 4.66. The van der Waals surface area contributed by atoms with E-state index in [-0.39, 0.29) is 6.04 Å². The van der Waals surface area contributed by atoms with Crippen molar-refractivity contribution < 1.29 is 4.42 Å². The lowest BCUT2D eigenvalue weighted by Crippen LogP contribution is -2.23. The van der Waals surface area contributed by atoms with Crippen molar-refractivity contribution in [3.8, 4) is 0 Å². The van der Waals surface area contributed by atoms with Crippen LogP contribution >= 0.6 is 23.2 Å². The van der Waals surface area contributed by atoms with Gasteiger partial charge in [-0.05, 0) is 54.7 Å². The molecule has 2 nitrogen and oxygen atoms in total. The first-order chi connectivity index (χ1) is 9.13. The molecular weight excluding hydrogens is 281 g/mol. The molecule has 1 aromatic carbocycles. The normalized spacial score (nSPS) is 12.6. The topological polar surface area (TPSA) is 25.2 Å². The molecule has 0 spiro atoms. The van der Waals surface area contributed by atoms with E-state index in [0.717, 1.165) is 34.7 Å². The quantitative estimate of drug-likeness (QED) is 0.841. The summed E-state index contributed by atoms with van der Waals surface area (Å²) in [5.74, 6) is 0. The Hall–Kier alpha value is -0.960. The fraction of sp³-hybridized carbons (Fsp3) is 0.333. The van der Waals surface area contributed by atoms with Crippen molar-refractivity contribution in [1.29, 1.82) is 0 Å². The fourth-order valence-electron chi connectivity index (χ4n) is 2.00. The third-order valence-electron chi connectivity index (χ3n) is 3.08. The Morgan fingerprint density at radius 1 is 1.26 bits per heavy atom. The van der Waals surface area contributed by atoms with Crippen molar-refractivity contribution in [3.63, 3.8) is 0 Å². The molecule has 1 aromatic heterocycles. The summed E-state index contributed by atoms with van der Waals surface area (Å²) in [6.45, 7) is 5.02. The van der Waals surface area contributed by atoms with Crippen molar-refractivity contribution in [1.82, 2.24) is 5.32 Å². The zero-order valence-corrected chi connectivity index (χ0v) is 12.6. The van der Waals surface area contributed by atoms with E-state index in [2.05, 4.69) is 18.3 Å². The highest BCUT2D eigenvalue weighted by atomic mass is 35.5. The van der Waals surface area contributed by atoms with Crippen LogP contribution in [0.2, 0.25) is 10.2 Å². The monoisotopic (exact) mass is 297 g/mol. The fourth-order valence-corrected chi connectivity index (χ4v) is 2.41. The summed E-state index contributed by atoms with van der Waals surface area (Å²) in [6, 6.07) is 7.96. The van der Waals surface area contributed by atoms with E-state index in [1.54, 1.807) is 6.26 Å². The summed E-state index contributed by atoms with van der Waals surface area (Å²) in [6.07, 6.45) is 2.65. The molecule has 1 heterocycles. The Morgan fingerprint density at radius 2 is 2.05 bits per heavy atom. The lowest BCUT2D eigenvalue weighted by atomic mass is 10.00. The molecule has 0 saturated carbocycles. The second-order valence-electron chi connectivity index (χ2n) is 4.55. The van der Waals surface area contributed by atoms with Crippen LogP contribution in [0.3, 0.4) is 0 Å². The summed E-state index contributed by atoms with van der Waals surface area (Å²) >= 11 is 12.3. The number of benzene rings is 1. The van der Waals surface area contributed by atoms with E-state index in [1.165, 1.54) is 0 Å². The molecule has 0 aliphatic rings. The number of halogens is 2. The number of nitrogens with one attached hydrogen (secondary N) is 1. The van der Waals surface area contributed by atoms with Gasteiger partial charge in [0.05, 0.1) is 12.3 Å². The third-order valence-corrected chi connectivity index (χ3v) is 3.80. The molecule has 19 heavy (non-hydrogen) atoms. The second-order valence-corrected chi connectivity index (χ2v) is 5.30. The van der Waals surface area contributed by atoms with Gasteiger partial charge >= 0.3 is 0 Å². The lowest BCUT2D eigenvalue weighted by Gasteiger charge is -2.19. The molecule has 0 saturated heterocycles. The minimum atomic E-state index is 0.00398. The standard InChI is InChI=1S/C15H17Cl2NO/c1-3-7-18-14(12-6-8-19-15(12)17)11-5-4-10(2)13(16)9-11/h4-6,8-9,14,18H,3,7H2,1-2H3. The van der Waals surface area contributed by atoms with Crippen LogP contribution in [-0.2, 0) is 0 Å². The summed E-state index contributed by atoms with van der Waals surface area (Å²) < 4.78 is 5.19. The zero-order valence-electron chi connectivity index (χ0n) is 11.0. The van der Waals surface area contributed by atoms with Gasteiger partial charge in [0.2, 0.25) is 0 Å². The first-order valence-corrected chi connectivity index (χ1v) is 7.11. The van der Waals surface area contributed by atoms with E-state index in [9.17, 15) is 0 Å². The van der Waals surface area contributed by atoms with Gasteiger partial charge in [0.15, 0.2) is 5.22 Å². The molecule has 0 radical (unpaired) electrons. The van der Waals surface area contributed by atoms with Crippen LogP contribution in [0.25, 0.3) is 0 Å². The van der Waals surface area contributed by atoms with Gasteiger partial charge in [0.25, 0.3) is 0 Å². The van der Waals surface area contributed by atoms with Gasteiger partial charge in [-0.25, -0.2) is 0 Å². The molecule has 0 aliphatic heterocycles. The molecule has 102 valence electrons. The predicted octanol–water partition coefficient (Wildman–Crippen LogP) is 4.98. The summed E-state index contributed by atoms with van der Waals surface area (Å²) in [5.41, 5.74) is 3.10. The van der Waals surface area contributed by atoms with Crippen molar-refractivity contribution in [2.75, 3.05) is 6.54 Å². The Bertz CT molecular complexity index is 551. The van der Waals surface area contributed by atoms with Crippen molar-refractivity contribution >= 4 is 23.2 Å². The highest BCUT2D eigenvalue weighted by Crippen LogP contribution is 2.31. The maximum atomic E-state index is 6.21. The van der Waals surface area contributed by atoms with E-state index in [1.807, 2.05) is 25.1 Å². The molecule has 0 aliphatic carbocycles. The Morgan fingerprint density at radius 3 is 2.63 bits per heavy atom. The van der Waals surface area contributed by atoms with Crippen LogP contribution in [0.5, 0.6) is 0 Å². The Balaban J connectivity index is 2.37. The highest BCUT2D eigenvalue weighted by molar-refractivity contribution is 6.31. The van der Waals surface area contributed by atoms with Crippen molar-refractivity contribution in [2.24, 2.45) is 0 Å². The third kappa shape index (κ3) is 3.33. The van der Waals surface area contributed by atoms with Gasteiger partial charge in [0.1, 0.15) is 0 Å². The average Bonchev–Trinajstić information content (AvgIpc) is 2.80. The van der Waals surface area contributed by atoms with E-state index < -0.39 is 0 Å². The molecule has 2 aromatic rings. The first kappa shape index (κ1) is 14.4. The van der Waals surface area contributed by atoms with Crippen LogP contribution in [-0.4, -0.2) is 6.54 Å². The highest BCUT2D eigenvalue weighted by Gasteiger charge is 2.19. The molecule has 0 fully saturated rings. The van der Waals surface area contributed by atoms with Crippen molar-refractivity contribution in [3.05, 3.63) is 57.5 Å². The first-order valence-electron chi connectivity index (χ1n) is 6.35. The average molecular weight is 298 g/mol. The Labute approximate surface area is 123 Å². The molecular formula is C15H17Cl2NO. The summed E-state index contributed by atoms with van der Waals surface area (Å²) in [7, 11) is 0. The summed E-state index contributed by atoms with van der Waals surface area (Å²) in [4.78, 5) is 0. The Kier molecular flexibility index (Phi) is 4.92. The molecule has 1 unspecified atom stereocenters. The maximum Gasteiger partial charge on any atom is 0.198 e. The number of furan rings is 1. The van der Waals surface area contributed by atoms with E-state index in [4.69, 9.17) is 27.6 Å². The van der Waals surface area contributed by atoms with Gasteiger partial charge in [-0.1, -0.05) is 30.7 Å². The van der Waals surface area contributed by atoms with E-state index in [0.29, 0.717) is 5.22 Å². The second kappa shape index (κ2) is 6.47. The zero-order chi connectivity index (χ0) is 13.8. The smallest absolute Gasteiger partial charge is 0.198 e. The van der Waals surface area contributed by atoms with Crippen LogP contribution in [0.1, 0.15) is 36.1 Å². The van der Waals surface area contributed by atoms with Crippen LogP contribution in [0, 0.1) is 6.92 Å². The lowest BCUT2D eigenvalue weighted by molar-refractivity contribution is 0.550. The van der Waals surface area contributed by atoms with Gasteiger partial charge in [-0.3, -0.25) is 0 Å². The van der Waals surface area contributed by atoms with Crippen LogP contribution in [0.4, 0.5) is 0 Å². The SMILES string of the molecule is CCCNC(c1ccc(C)c(Cl)c1)c1ccoc1Cl. The minimum Gasteiger partial charge on any atom is -0.453 e. The van der Waals surface area contributed by atoms with E-state index >= 15 is 0 Å². The predicted molar refractivity (Wildman–Crippen MR) is 80.0 cm³/mol. The van der Waals surface area contributed by atoms with Crippen LogP contribution in [0.15, 0.2) is 34.9 Å². The number of aryl methyl sites for hydroxylation is 1. The number of hydrogen-bond donors (Lipinski definition) is 1. The maximum absolute atomic E-state index is 6.21. The van der Waals surface area contributed by atoms with Gasteiger partial charge in [-0.2, -0.15) is 0 Å². The molecule has 0 bridgehead atoms. The molecule has 4 heteroatoms. The van der Waals surface area contributed by atoms with Gasteiger partial charge in [0, 0.05) is 10.6 Å².